The average molecular weight is 573 g/mol. The Bertz CT molecular complexity index is 1170. The number of nitrogens with one attached hydrogen (secondary N) is 2. The van der Waals surface area contributed by atoms with E-state index in [1.54, 1.807) is 0 Å². The molecular formula is C29H33ClN2O4S2. The summed E-state index contributed by atoms with van der Waals surface area (Å²) in [4.78, 5) is 40.2. The first kappa shape index (κ1) is 29.7. The monoisotopic (exact) mass is 572 g/mol. The second kappa shape index (κ2) is 15.6. The Morgan fingerprint density at radius 1 is 0.895 bits per heavy atom. The third-order valence-corrected chi connectivity index (χ3v) is 8.05. The lowest BCUT2D eigenvalue weighted by Crippen LogP contribution is -2.53. The number of Topliss-reactive ketones (excluding diaryl/α,β-unsaturated/α-hetero) is 1. The Morgan fingerprint density at radius 3 is 2.16 bits per heavy atom. The van der Waals surface area contributed by atoms with Crippen molar-refractivity contribution in [3.8, 4) is 0 Å². The molecule has 0 aliphatic heterocycles. The van der Waals surface area contributed by atoms with Crippen LogP contribution in [0.4, 0.5) is 4.79 Å². The summed E-state index contributed by atoms with van der Waals surface area (Å²) in [6, 6.07) is 21.1. The second-order valence-electron chi connectivity index (χ2n) is 9.30. The number of hydrogen-bond acceptors (Lipinski definition) is 6. The zero-order valence-corrected chi connectivity index (χ0v) is 23.9. The SMILES string of the molecule is CC(C)C[C@H](NC(=O)OCc1ccccc1)C(=O)N[C@@H](Cc1ccccc1)C(=O)CSCc1ccc(Cl)s1. The van der Waals surface area contributed by atoms with Crippen LogP contribution in [0.3, 0.4) is 0 Å². The van der Waals surface area contributed by atoms with E-state index in [1.807, 2.05) is 86.6 Å². The molecule has 38 heavy (non-hydrogen) atoms. The smallest absolute Gasteiger partial charge is 0.408 e. The van der Waals surface area contributed by atoms with E-state index in [2.05, 4.69) is 10.6 Å². The van der Waals surface area contributed by atoms with Gasteiger partial charge in [-0.3, -0.25) is 9.59 Å². The molecule has 3 rings (SSSR count). The molecule has 0 fully saturated rings. The van der Waals surface area contributed by atoms with Crippen molar-refractivity contribution in [1.29, 1.82) is 0 Å². The molecule has 6 nitrogen and oxygen atoms in total. The molecule has 2 N–H and O–H groups in total. The predicted molar refractivity (Wildman–Crippen MR) is 156 cm³/mol. The van der Waals surface area contributed by atoms with Gasteiger partial charge in [0.2, 0.25) is 5.91 Å². The van der Waals surface area contributed by atoms with Crippen molar-refractivity contribution in [2.24, 2.45) is 5.92 Å². The highest BCUT2D eigenvalue weighted by Gasteiger charge is 2.28. The molecule has 0 saturated carbocycles. The Morgan fingerprint density at radius 2 is 1.55 bits per heavy atom. The maximum absolute atomic E-state index is 13.3. The first-order valence-corrected chi connectivity index (χ1v) is 14.8. The summed E-state index contributed by atoms with van der Waals surface area (Å²) in [6.07, 6.45) is 0.0986. The van der Waals surface area contributed by atoms with E-state index in [9.17, 15) is 14.4 Å². The molecule has 9 heteroatoms. The molecular weight excluding hydrogens is 540 g/mol. The number of amides is 2. The minimum atomic E-state index is -0.828. The zero-order valence-electron chi connectivity index (χ0n) is 21.5. The Kier molecular flexibility index (Phi) is 12.2. The van der Waals surface area contributed by atoms with E-state index in [0.717, 1.165) is 16.0 Å². The number of thioether (sulfide) groups is 1. The number of carbonyl (C=O) groups is 3. The molecule has 0 bridgehead atoms. The minimum Gasteiger partial charge on any atom is -0.445 e. The molecule has 0 radical (unpaired) electrons. The lowest BCUT2D eigenvalue weighted by Gasteiger charge is -2.24. The summed E-state index contributed by atoms with van der Waals surface area (Å²) < 4.78 is 6.04. The van der Waals surface area contributed by atoms with Gasteiger partial charge in [-0.15, -0.1) is 23.1 Å². The number of hydrogen-bond donors (Lipinski definition) is 2. The Labute approximate surface area is 237 Å². The third kappa shape index (κ3) is 10.5. The van der Waals surface area contributed by atoms with Gasteiger partial charge in [-0.25, -0.2) is 4.79 Å². The number of rotatable bonds is 14. The first-order valence-electron chi connectivity index (χ1n) is 12.5. The van der Waals surface area contributed by atoms with E-state index >= 15 is 0 Å². The summed E-state index contributed by atoms with van der Waals surface area (Å²) >= 11 is 8.99. The van der Waals surface area contributed by atoms with Gasteiger partial charge in [0.05, 0.1) is 16.1 Å². The van der Waals surface area contributed by atoms with Gasteiger partial charge in [-0.05, 0) is 42.0 Å². The number of benzene rings is 2. The van der Waals surface area contributed by atoms with Gasteiger partial charge in [0, 0.05) is 10.6 Å². The molecule has 202 valence electrons. The fraction of sp³-hybridized carbons (Fsp3) is 0.345. The van der Waals surface area contributed by atoms with Crippen molar-refractivity contribution in [2.75, 3.05) is 5.75 Å². The summed E-state index contributed by atoms with van der Waals surface area (Å²) in [5.74, 6) is 0.565. The van der Waals surface area contributed by atoms with Gasteiger partial charge in [-0.1, -0.05) is 86.1 Å². The zero-order chi connectivity index (χ0) is 27.3. The largest absolute Gasteiger partial charge is 0.445 e. The van der Waals surface area contributed by atoms with E-state index in [-0.39, 0.29) is 24.1 Å². The van der Waals surface area contributed by atoms with Crippen LogP contribution in [-0.4, -0.2) is 35.6 Å². The quantitative estimate of drug-likeness (QED) is 0.238. The molecule has 0 spiro atoms. The Balaban J connectivity index is 1.63. The average Bonchev–Trinajstić information content (AvgIpc) is 3.32. The van der Waals surface area contributed by atoms with Gasteiger partial charge in [0.15, 0.2) is 5.78 Å². The molecule has 2 amide bonds. The summed E-state index contributed by atoms with van der Waals surface area (Å²) in [7, 11) is 0. The van der Waals surface area contributed by atoms with Crippen molar-refractivity contribution in [3.05, 3.63) is 93.1 Å². The minimum absolute atomic E-state index is 0.0789. The first-order chi connectivity index (χ1) is 18.3. The molecule has 0 saturated heterocycles. The van der Waals surface area contributed by atoms with Crippen molar-refractivity contribution >= 4 is 52.5 Å². The Hall–Kier alpha value is -2.81. The van der Waals surface area contributed by atoms with E-state index in [1.165, 1.54) is 23.1 Å². The lowest BCUT2D eigenvalue weighted by molar-refractivity contribution is -0.128. The van der Waals surface area contributed by atoms with E-state index in [4.69, 9.17) is 16.3 Å². The van der Waals surface area contributed by atoms with Crippen LogP contribution in [0.25, 0.3) is 0 Å². The highest BCUT2D eigenvalue weighted by Crippen LogP contribution is 2.25. The van der Waals surface area contributed by atoms with E-state index < -0.39 is 24.1 Å². The summed E-state index contributed by atoms with van der Waals surface area (Å²) in [5.41, 5.74) is 1.79. The van der Waals surface area contributed by atoms with Crippen LogP contribution in [0.1, 0.15) is 36.3 Å². The number of ether oxygens (including phenoxy) is 1. The van der Waals surface area contributed by atoms with Crippen molar-refractivity contribution < 1.29 is 19.1 Å². The summed E-state index contributed by atoms with van der Waals surface area (Å²) in [5, 5.41) is 5.60. The van der Waals surface area contributed by atoms with Gasteiger partial charge in [0.25, 0.3) is 0 Å². The van der Waals surface area contributed by atoms with E-state index in [0.29, 0.717) is 22.9 Å². The number of ketones is 1. The van der Waals surface area contributed by atoms with Gasteiger partial charge < -0.3 is 15.4 Å². The molecule has 0 unspecified atom stereocenters. The topological polar surface area (TPSA) is 84.5 Å². The van der Waals surface area contributed by atoms with Gasteiger partial charge in [0.1, 0.15) is 12.6 Å². The number of thiophene rings is 1. The van der Waals surface area contributed by atoms with Crippen molar-refractivity contribution in [2.45, 2.75) is 51.1 Å². The second-order valence-corrected chi connectivity index (χ2v) is 12.1. The molecule has 2 atom stereocenters. The highest BCUT2D eigenvalue weighted by atomic mass is 35.5. The molecule has 0 aliphatic rings. The third-order valence-electron chi connectivity index (χ3n) is 5.63. The van der Waals surface area contributed by atoms with Crippen LogP contribution in [0.15, 0.2) is 72.8 Å². The maximum Gasteiger partial charge on any atom is 0.408 e. The van der Waals surface area contributed by atoms with Crippen molar-refractivity contribution in [1.82, 2.24) is 10.6 Å². The normalized spacial score (nSPS) is 12.5. The van der Waals surface area contributed by atoms with Crippen LogP contribution >= 0.6 is 34.7 Å². The van der Waals surface area contributed by atoms with Gasteiger partial charge in [-0.2, -0.15) is 0 Å². The van der Waals surface area contributed by atoms with Crippen molar-refractivity contribution in [3.63, 3.8) is 0 Å². The highest BCUT2D eigenvalue weighted by molar-refractivity contribution is 7.99. The molecule has 3 aromatic rings. The van der Waals surface area contributed by atoms with Crippen LogP contribution in [0, 0.1) is 5.92 Å². The fourth-order valence-electron chi connectivity index (χ4n) is 3.76. The predicted octanol–water partition coefficient (Wildman–Crippen LogP) is 6.27. The van der Waals surface area contributed by atoms with Crippen LogP contribution in [-0.2, 0) is 33.1 Å². The van der Waals surface area contributed by atoms with Gasteiger partial charge >= 0.3 is 6.09 Å². The molecule has 0 aliphatic carbocycles. The molecule has 1 aromatic heterocycles. The van der Waals surface area contributed by atoms with Crippen LogP contribution < -0.4 is 10.6 Å². The lowest BCUT2D eigenvalue weighted by atomic mass is 10.00. The number of halogens is 1. The molecule has 1 heterocycles. The van der Waals surface area contributed by atoms with Crippen LogP contribution in [0.2, 0.25) is 4.34 Å². The number of carbonyl (C=O) groups excluding carboxylic acids is 3. The molecule has 2 aromatic carbocycles. The maximum atomic E-state index is 13.3. The van der Waals surface area contributed by atoms with Crippen LogP contribution in [0.5, 0.6) is 0 Å². The summed E-state index contributed by atoms with van der Waals surface area (Å²) in [6.45, 7) is 4.04. The number of alkyl carbamates (subject to hydrolysis) is 1. The fourth-order valence-corrected chi connectivity index (χ4v) is 5.93. The standard InChI is InChI=1S/C29H33ClN2O4S2/c1-20(2)15-25(32-29(35)36-17-22-11-7-4-8-12-22)28(34)31-24(16-21-9-5-3-6-10-21)26(33)19-37-18-23-13-14-27(30)38-23/h3-14,20,24-25H,15-19H2,1-2H3,(H,31,34)(H,32,35)/t24-,25-/m0/s1.